The van der Waals surface area contributed by atoms with Gasteiger partial charge in [-0.3, -0.25) is 9.69 Å². The molecule has 0 unspecified atom stereocenters. The molecule has 6 heteroatoms. The van der Waals surface area contributed by atoms with Gasteiger partial charge in [0.25, 0.3) is 0 Å². The third-order valence-corrected chi connectivity index (χ3v) is 5.64. The topological polar surface area (TPSA) is 60.0 Å². The van der Waals surface area contributed by atoms with E-state index in [0.717, 1.165) is 44.5 Å². The Labute approximate surface area is 179 Å². The van der Waals surface area contributed by atoms with Crippen LogP contribution in [0.2, 0.25) is 0 Å². The predicted octanol–water partition coefficient (Wildman–Crippen LogP) is 3.28. The monoisotopic (exact) mass is 412 g/mol. The SMILES string of the molecule is COc1cc(CN2CCC(C(=O)NCCc3ccccc3)CC2)cc(OC)c1OC. The maximum absolute atomic E-state index is 12.5. The van der Waals surface area contributed by atoms with Crippen LogP contribution in [0.3, 0.4) is 0 Å². The van der Waals surface area contributed by atoms with Crippen LogP contribution in [0.25, 0.3) is 0 Å². The third kappa shape index (κ3) is 5.66. The summed E-state index contributed by atoms with van der Waals surface area (Å²) >= 11 is 0. The average molecular weight is 413 g/mol. The van der Waals surface area contributed by atoms with Crippen LogP contribution < -0.4 is 19.5 Å². The first kappa shape index (κ1) is 22.0. The molecule has 0 aliphatic carbocycles. The lowest BCUT2D eigenvalue weighted by Crippen LogP contribution is -2.40. The summed E-state index contributed by atoms with van der Waals surface area (Å²) in [5.41, 5.74) is 2.35. The molecule has 0 atom stereocenters. The normalized spacial score (nSPS) is 14.9. The fraction of sp³-hybridized carbons (Fsp3) is 0.458. The van der Waals surface area contributed by atoms with Gasteiger partial charge in [-0.05, 0) is 55.6 Å². The highest BCUT2D eigenvalue weighted by Crippen LogP contribution is 2.38. The highest BCUT2D eigenvalue weighted by molar-refractivity contribution is 5.78. The van der Waals surface area contributed by atoms with Crippen molar-refractivity contribution in [3.05, 3.63) is 53.6 Å². The zero-order chi connectivity index (χ0) is 21.3. The molecule has 2 aromatic carbocycles. The molecule has 1 N–H and O–H groups in total. The lowest BCUT2D eigenvalue weighted by molar-refractivity contribution is -0.126. The van der Waals surface area contributed by atoms with Crippen molar-refractivity contribution in [2.45, 2.75) is 25.8 Å². The van der Waals surface area contributed by atoms with Crippen LogP contribution in [0.5, 0.6) is 17.2 Å². The molecule has 0 spiro atoms. The molecular weight excluding hydrogens is 380 g/mol. The number of carbonyl (C=O) groups excluding carboxylic acids is 1. The molecule has 162 valence electrons. The number of hydrogen-bond acceptors (Lipinski definition) is 5. The Hall–Kier alpha value is -2.73. The number of methoxy groups -OCH3 is 3. The summed E-state index contributed by atoms with van der Waals surface area (Å²) in [6.45, 7) is 3.27. The molecule has 1 aliphatic heterocycles. The van der Waals surface area contributed by atoms with Gasteiger partial charge in [0, 0.05) is 19.0 Å². The molecule has 2 aromatic rings. The van der Waals surface area contributed by atoms with E-state index >= 15 is 0 Å². The molecule has 0 aromatic heterocycles. The number of hydrogen-bond donors (Lipinski definition) is 1. The highest BCUT2D eigenvalue weighted by Gasteiger charge is 2.25. The van der Waals surface area contributed by atoms with Gasteiger partial charge in [0.05, 0.1) is 21.3 Å². The van der Waals surface area contributed by atoms with E-state index in [-0.39, 0.29) is 11.8 Å². The summed E-state index contributed by atoms with van der Waals surface area (Å²) in [7, 11) is 4.86. The van der Waals surface area contributed by atoms with E-state index in [1.54, 1.807) is 21.3 Å². The molecule has 1 saturated heterocycles. The molecule has 1 heterocycles. The van der Waals surface area contributed by atoms with Crippen molar-refractivity contribution < 1.29 is 19.0 Å². The Morgan fingerprint density at radius 2 is 1.60 bits per heavy atom. The van der Waals surface area contributed by atoms with Crippen molar-refractivity contribution in [2.24, 2.45) is 5.92 Å². The first-order valence-electron chi connectivity index (χ1n) is 10.5. The van der Waals surface area contributed by atoms with E-state index in [2.05, 4.69) is 22.3 Å². The van der Waals surface area contributed by atoms with Gasteiger partial charge in [-0.2, -0.15) is 0 Å². The van der Waals surface area contributed by atoms with Crippen LogP contribution in [-0.4, -0.2) is 51.8 Å². The van der Waals surface area contributed by atoms with Crippen molar-refractivity contribution in [1.29, 1.82) is 0 Å². The van der Waals surface area contributed by atoms with Crippen molar-refractivity contribution in [2.75, 3.05) is 41.0 Å². The van der Waals surface area contributed by atoms with Crippen LogP contribution in [0.4, 0.5) is 0 Å². The molecule has 0 radical (unpaired) electrons. The van der Waals surface area contributed by atoms with Crippen molar-refractivity contribution in [1.82, 2.24) is 10.2 Å². The standard InChI is InChI=1S/C24H32N2O4/c1-28-21-15-19(16-22(29-2)23(21)30-3)17-26-13-10-20(11-14-26)24(27)25-12-9-18-7-5-4-6-8-18/h4-8,15-16,20H,9-14,17H2,1-3H3,(H,25,27). The van der Waals surface area contributed by atoms with Gasteiger partial charge in [0.15, 0.2) is 11.5 Å². The second kappa shape index (κ2) is 10.9. The molecule has 1 amide bonds. The summed E-state index contributed by atoms with van der Waals surface area (Å²) < 4.78 is 16.3. The summed E-state index contributed by atoms with van der Waals surface area (Å²) in [6.07, 6.45) is 2.62. The summed E-state index contributed by atoms with van der Waals surface area (Å²) in [5.74, 6) is 2.21. The minimum atomic E-state index is 0.0944. The van der Waals surface area contributed by atoms with Crippen LogP contribution in [0.15, 0.2) is 42.5 Å². The Morgan fingerprint density at radius 1 is 0.967 bits per heavy atom. The van der Waals surface area contributed by atoms with Crippen LogP contribution in [0, 0.1) is 5.92 Å². The van der Waals surface area contributed by atoms with E-state index in [1.165, 1.54) is 5.56 Å². The second-order valence-electron chi connectivity index (χ2n) is 7.61. The quantitative estimate of drug-likeness (QED) is 0.685. The van der Waals surface area contributed by atoms with Gasteiger partial charge in [0.1, 0.15) is 0 Å². The smallest absolute Gasteiger partial charge is 0.223 e. The Kier molecular flexibility index (Phi) is 7.97. The van der Waals surface area contributed by atoms with Crippen LogP contribution in [-0.2, 0) is 17.8 Å². The first-order valence-corrected chi connectivity index (χ1v) is 10.5. The Balaban J connectivity index is 1.48. The zero-order valence-corrected chi connectivity index (χ0v) is 18.1. The van der Waals surface area contributed by atoms with E-state index < -0.39 is 0 Å². The fourth-order valence-electron chi connectivity index (χ4n) is 3.96. The molecule has 0 saturated carbocycles. The second-order valence-corrected chi connectivity index (χ2v) is 7.61. The van der Waals surface area contributed by atoms with E-state index in [1.807, 2.05) is 30.3 Å². The number of benzene rings is 2. The number of likely N-dealkylation sites (tertiary alicyclic amines) is 1. The third-order valence-electron chi connectivity index (χ3n) is 5.64. The lowest BCUT2D eigenvalue weighted by atomic mass is 9.95. The molecular formula is C24H32N2O4. The molecule has 1 aliphatic rings. The van der Waals surface area contributed by atoms with Crippen LogP contribution >= 0.6 is 0 Å². The molecule has 6 nitrogen and oxygen atoms in total. The molecule has 30 heavy (non-hydrogen) atoms. The van der Waals surface area contributed by atoms with E-state index in [0.29, 0.717) is 23.8 Å². The molecule has 3 rings (SSSR count). The van der Waals surface area contributed by atoms with Gasteiger partial charge >= 0.3 is 0 Å². The summed E-state index contributed by atoms with van der Waals surface area (Å²) in [4.78, 5) is 14.9. The van der Waals surface area contributed by atoms with E-state index in [9.17, 15) is 4.79 Å². The number of nitrogens with one attached hydrogen (secondary N) is 1. The van der Waals surface area contributed by atoms with Gasteiger partial charge < -0.3 is 19.5 Å². The summed E-state index contributed by atoms with van der Waals surface area (Å²) in [6, 6.07) is 14.2. The van der Waals surface area contributed by atoms with Crippen molar-refractivity contribution in [3.8, 4) is 17.2 Å². The van der Waals surface area contributed by atoms with Gasteiger partial charge in [0.2, 0.25) is 11.7 Å². The molecule has 1 fully saturated rings. The minimum absolute atomic E-state index is 0.0944. The Morgan fingerprint density at radius 3 is 2.17 bits per heavy atom. The maximum Gasteiger partial charge on any atom is 0.223 e. The van der Waals surface area contributed by atoms with Gasteiger partial charge in [-0.25, -0.2) is 0 Å². The van der Waals surface area contributed by atoms with E-state index in [4.69, 9.17) is 14.2 Å². The first-order chi connectivity index (χ1) is 14.6. The largest absolute Gasteiger partial charge is 0.493 e. The van der Waals surface area contributed by atoms with Gasteiger partial charge in [-0.1, -0.05) is 30.3 Å². The summed E-state index contributed by atoms with van der Waals surface area (Å²) in [5, 5.41) is 3.10. The number of piperidine rings is 1. The number of ether oxygens (including phenoxy) is 3. The van der Waals surface area contributed by atoms with Crippen LogP contribution in [0.1, 0.15) is 24.0 Å². The van der Waals surface area contributed by atoms with Crippen molar-refractivity contribution in [3.63, 3.8) is 0 Å². The fourth-order valence-corrected chi connectivity index (χ4v) is 3.96. The zero-order valence-electron chi connectivity index (χ0n) is 18.1. The Bertz CT molecular complexity index is 792. The number of nitrogens with zero attached hydrogens (tertiary/aromatic N) is 1. The number of carbonyl (C=O) groups is 1. The maximum atomic E-state index is 12.5. The number of rotatable bonds is 9. The van der Waals surface area contributed by atoms with Gasteiger partial charge in [-0.15, -0.1) is 0 Å². The lowest BCUT2D eigenvalue weighted by Gasteiger charge is -2.31. The molecule has 0 bridgehead atoms. The number of amides is 1. The minimum Gasteiger partial charge on any atom is -0.493 e. The highest BCUT2D eigenvalue weighted by atomic mass is 16.5. The predicted molar refractivity (Wildman–Crippen MR) is 117 cm³/mol. The van der Waals surface area contributed by atoms with Crippen molar-refractivity contribution >= 4 is 5.91 Å². The average Bonchev–Trinajstić information content (AvgIpc) is 2.79.